The topological polar surface area (TPSA) is 46.6 Å². The summed E-state index contributed by atoms with van der Waals surface area (Å²) in [6.07, 6.45) is 2.94. The van der Waals surface area contributed by atoms with Gasteiger partial charge in [-0.1, -0.05) is 18.7 Å². The lowest BCUT2D eigenvalue weighted by molar-refractivity contribution is -0.130. The molecule has 0 N–H and O–H groups in total. The first-order valence-electron chi connectivity index (χ1n) is 7.80. The molecule has 0 aliphatic carbocycles. The molecule has 1 saturated heterocycles. The molecule has 0 bridgehead atoms. The molecular weight excluding hydrogens is 290 g/mol. The molecule has 1 aliphatic rings. The molecule has 1 amide bonds. The second-order valence-corrected chi connectivity index (χ2v) is 5.92. The number of hydrogen-bond donors (Lipinski definition) is 0. The molecule has 23 heavy (non-hydrogen) atoms. The number of nitrogens with zero attached hydrogens (tertiary/aromatic N) is 1. The fourth-order valence-corrected chi connectivity index (χ4v) is 2.65. The van der Waals surface area contributed by atoms with Crippen LogP contribution in [0.25, 0.3) is 5.57 Å². The number of rotatable bonds is 5. The maximum Gasteiger partial charge on any atom is 0.219 e. The van der Waals surface area contributed by atoms with E-state index in [1.165, 1.54) is 6.08 Å². The molecule has 0 spiro atoms. The van der Waals surface area contributed by atoms with Crippen LogP contribution in [-0.4, -0.2) is 35.8 Å². The van der Waals surface area contributed by atoms with Gasteiger partial charge in [0, 0.05) is 38.4 Å². The van der Waals surface area contributed by atoms with Gasteiger partial charge >= 0.3 is 0 Å². The number of ketones is 1. The van der Waals surface area contributed by atoms with Gasteiger partial charge < -0.3 is 9.64 Å². The highest BCUT2D eigenvalue weighted by Gasteiger charge is 2.22. The number of carbonyl (C=O) groups is 2. The lowest BCUT2D eigenvalue weighted by Gasteiger charge is -2.31. The molecule has 0 saturated carbocycles. The van der Waals surface area contributed by atoms with Crippen LogP contribution in [0.4, 0.5) is 0 Å². The van der Waals surface area contributed by atoms with Crippen molar-refractivity contribution in [1.82, 2.24) is 4.90 Å². The third kappa shape index (κ3) is 4.31. The van der Waals surface area contributed by atoms with Crippen molar-refractivity contribution in [3.8, 4) is 5.75 Å². The van der Waals surface area contributed by atoms with Gasteiger partial charge in [0.05, 0.1) is 0 Å². The zero-order valence-electron chi connectivity index (χ0n) is 13.8. The number of benzene rings is 1. The normalized spacial score (nSPS) is 15.1. The van der Waals surface area contributed by atoms with Crippen LogP contribution in [0.3, 0.4) is 0 Å². The second-order valence-electron chi connectivity index (χ2n) is 5.92. The maximum atomic E-state index is 11.9. The summed E-state index contributed by atoms with van der Waals surface area (Å²) in [7, 11) is 0. The molecule has 4 heteroatoms. The summed E-state index contributed by atoms with van der Waals surface area (Å²) in [6, 6.07) is 5.45. The summed E-state index contributed by atoms with van der Waals surface area (Å²) in [5.41, 5.74) is 2.31. The van der Waals surface area contributed by atoms with Crippen molar-refractivity contribution < 1.29 is 14.3 Å². The molecule has 1 fully saturated rings. The summed E-state index contributed by atoms with van der Waals surface area (Å²) in [6.45, 7) is 12.4. The second kappa shape index (κ2) is 7.27. The van der Waals surface area contributed by atoms with E-state index in [2.05, 4.69) is 13.2 Å². The molecule has 0 atom stereocenters. The zero-order valence-corrected chi connectivity index (χ0v) is 13.8. The Morgan fingerprint density at radius 1 is 1.17 bits per heavy atom. The Kier molecular flexibility index (Phi) is 5.37. The van der Waals surface area contributed by atoms with Gasteiger partial charge in [-0.3, -0.25) is 9.59 Å². The van der Waals surface area contributed by atoms with Gasteiger partial charge in [0.2, 0.25) is 5.91 Å². The first kappa shape index (κ1) is 17.0. The first-order valence-corrected chi connectivity index (χ1v) is 7.80. The molecule has 1 aromatic rings. The number of amides is 1. The molecule has 1 heterocycles. The lowest BCUT2D eigenvalue weighted by atomic mass is 10.0. The van der Waals surface area contributed by atoms with Crippen LogP contribution in [0.15, 0.2) is 37.4 Å². The SMILES string of the molecule is C=CC(=O)c1cc(OC2CCN(C(C)=O)CC2)cc(C(=C)C)c1. The van der Waals surface area contributed by atoms with Gasteiger partial charge in [-0.25, -0.2) is 0 Å². The standard InChI is InChI=1S/C19H23NO3/c1-5-19(22)16-10-15(13(2)3)11-18(12-16)23-17-6-8-20(9-7-17)14(4)21/h5,10-12,17H,1-2,6-9H2,3-4H3. The van der Waals surface area contributed by atoms with E-state index in [0.29, 0.717) is 24.4 Å². The summed E-state index contributed by atoms with van der Waals surface area (Å²) in [5.74, 6) is 0.632. The molecule has 122 valence electrons. The summed E-state index contributed by atoms with van der Waals surface area (Å²) in [5, 5.41) is 0. The minimum absolute atomic E-state index is 0.0534. The van der Waals surface area contributed by atoms with Gasteiger partial charge in [0.15, 0.2) is 5.78 Å². The number of carbonyl (C=O) groups excluding carboxylic acids is 2. The highest BCUT2D eigenvalue weighted by molar-refractivity contribution is 6.04. The summed E-state index contributed by atoms with van der Waals surface area (Å²) in [4.78, 5) is 25.1. The fourth-order valence-electron chi connectivity index (χ4n) is 2.65. The van der Waals surface area contributed by atoms with Crippen LogP contribution in [0.1, 0.15) is 42.6 Å². The van der Waals surface area contributed by atoms with Crippen LogP contribution in [-0.2, 0) is 4.79 Å². The molecule has 1 aliphatic heterocycles. The van der Waals surface area contributed by atoms with Crippen molar-refractivity contribution >= 4 is 17.3 Å². The van der Waals surface area contributed by atoms with Crippen LogP contribution in [0.5, 0.6) is 5.75 Å². The average molecular weight is 313 g/mol. The van der Waals surface area contributed by atoms with Crippen molar-refractivity contribution in [2.75, 3.05) is 13.1 Å². The average Bonchev–Trinajstić information content (AvgIpc) is 2.54. The lowest BCUT2D eigenvalue weighted by Crippen LogP contribution is -2.40. The zero-order chi connectivity index (χ0) is 17.0. The third-order valence-electron chi connectivity index (χ3n) is 4.06. The number of likely N-dealkylation sites (tertiary alicyclic amines) is 1. The predicted octanol–water partition coefficient (Wildman–Crippen LogP) is 3.48. The van der Waals surface area contributed by atoms with E-state index in [1.54, 1.807) is 19.1 Å². The predicted molar refractivity (Wildman–Crippen MR) is 91.6 cm³/mol. The van der Waals surface area contributed by atoms with Crippen LogP contribution in [0, 0.1) is 0 Å². The van der Waals surface area contributed by atoms with E-state index < -0.39 is 0 Å². The van der Waals surface area contributed by atoms with Crippen molar-refractivity contribution in [2.45, 2.75) is 32.8 Å². The number of allylic oxidation sites excluding steroid dienone is 2. The van der Waals surface area contributed by atoms with E-state index in [0.717, 1.165) is 24.0 Å². The Bertz CT molecular complexity index is 640. The van der Waals surface area contributed by atoms with E-state index in [1.807, 2.05) is 17.9 Å². The number of piperidine rings is 1. The quantitative estimate of drug-likeness (QED) is 0.617. The molecule has 0 unspecified atom stereocenters. The first-order chi connectivity index (χ1) is 10.9. The van der Waals surface area contributed by atoms with E-state index in [4.69, 9.17) is 4.74 Å². The molecule has 0 aromatic heterocycles. The van der Waals surface area contributed by atoms with Gasteiger partial charge in [0.1, 0.15) is 11.9 Å². The number of hydrogen-bond acceptors (Lipinski definition) is 3. The van der Waals surface area contributed by atoms with Gasteiger partial charge in [-0.15, -0.1) is 0 Å². The molecule has 1 aromatic carbocycles. The highest BCUT2D eigenvalue weighted by atomic mass is 16.5. The van der Waals surface area contributed by atoms with Crippen molar-refractivity contribution in [1.29, 1.82) is 0 Å². The summed E-state index contributed by atoms with van der Waals surface area (Å²) < 4.78 is 6.04. The van der Waals surface area contributed by atoms with Crippen molar-refractivity contribution in [3.63, 3.8) is 0 Å². The highest BCUT2D eigenvalue weighted by Crippen LogP contribution is 2.25. The van der Waals surface area contributed by atoms with Crippen LogP contribution in [0.2, 0.25) is 0 Å². The molecule has 0 radical (unpaired) electrons. The Hall–Kier alpha value is -2.36. The van der Waals surface area contributed by atoms with Gasteiger partial charge in [-0.2, -0.15) is 0 Å². The van der Waals surface area contributed by atoms with Gasteiger partial charge in [-0.05, 0) is 36.8 Å². The Morgan fingerprint density at radius 3 is 2.30 bits per heavy atom. The minimum atomic E-state index is -0.135. The van der Waals surface area contributed by atoms with Gasteiger partial charge in [0.25, 0.3) is 0 Å². The Balaban J connectivity index is 2.14. The molecule has 2 rings (SSSR count). The Labute approximate surface area is 137 Å². The maximum absolute atomic E-state index is 11.9. The van der Waals surface area contributed by atoms with Crippen molar-refractivity contribution in [2.24, 2.45) is 0 Å². The largest absolute Gasteiger partial charge is 0.490 e. The van der Waals surface area contributed by atoms with Crippen LogP contribution < -0.4 is 4.74 Å². The Morgan fingerprint density at radius 2 is 1.78 bits per heavy atom. The van der Waals surface area contributed by atoms with Crippen molar-refractivity contribution in [3.05, 3.63) is 48.6 Å². The van der Waals surface area contributed by atoms with Crippen LogP contribution >= 0.6 is 0 Å². The van der Waals surface area contributed by atoms with E-state index in [-0.39, 0.29) is 17.8 Å². The van der Waals surface area contributed by atoms with E-state index >= 15 is 0 Å². The monoisotopic (exact) mass is 313 g/mol. The minimum Gasteiger partial charge on any atom is -0.490 e. The number of ether oxygens (including phenoxy) is 1. The fraction of sp³-hybridized carbons (Fsp3) is 0.368. The smallest absolute Gasteiger partial charge is 0.219 e. The van der Waals surface area contributed by atoms with E-state index in [9.17, 15) is 9.59 Å². The molecule has 4 nitrogen and oxygen atoms in total. The third-order valence-corrected chi connectivity index (χ3v) is 4.06. The summed E-state index contributed by atoms with van der Waals surface area (Å²) >= 11 is 0. The molecular formula is C19H23NO3.